The standard InChI is InChI=1S/C65H42N4/c1-65(2)53-28-9-5-22-48(53)61-50(27-15-29-54(61)65)64-66-55-30-10-6-23-49(55)62(67-64)46-26-14-25-43-42(46)24-16-34-57(43)68-56-31-11-8-21-45(56)52-37-40-18-13-33-59(51(40)38-60(52)68)69-58-32-12-7-20-44(58)47-36-35-39-17-3-4-19-41(39)63(47)69/h3-38H,1-2H3. The topological polar surface area (TPSA) is 35.6 Å². The number of rotatable bonds is 4. The van der Waals surface area contributed by atoms with Crippen molar-refractivity contribution in [2.45, 2.75) is 19.3 Å². The fourth-order valence-electron chi connectivity index (χ4n) is 12.2. The molecular weight excluding hydrogens is 837 g/mol. The van der Waals surface area contributed by atoms with Crippen LogP contribution in [0.5, 0.6) is 0 Å². The van der Waals surface area contributed by atoms with E-state index in [-0.39, 0.29) is 5.41 Å². The van der Waals surface area contributed by atoms with E-state index in [1.807, 2.05) is 0 Å². The Morgan fingerprint density at radius 1 is 0.348 bits per heavy atom. The van der Waals surface area contributed by atoms with Gasteiger partial charge >= 0.3 is 0 Å². The quantitative estimate of drug-likeness (QED) is 0.177. The van der Waals surface area contributed by atoms with E-state index in [2.05, 4.69) is 241 Å². The van der Waals surface area contributed by atoms with Crippen LogP contribution in [0.2, 0.25) is 0 Å². The van der Waals surface area contributed by atoms with Gasteiger partial charge in [-0.2, -0.15) is 0 Å². The number of fused-ring (bicyclic) bond motifs is 14. The average molecular weight is 879 g/mol. The Kier molecular flexibility index (Phi) is 7.81. The molecule has 0 radical (unpaired) electrons. The summed E-state index contributed by atoms with van der Waals surface area (Å²) in [5, 5.41) is 13.2. The minimum Gasteiger partial charge on any atom is -0.309 e. The maximum absolute atomic E-state index is 5.59. The van der Waals surface area contributed by atoms with Gasteiger partial charge < -0.3 is 9.13 Å². The molecule has 1 aliphatic carbocycles. The molecule has 14 aromatic rings. The lowest BCUT2D eigenvalue weighted by atomic mass is 9.82. The summed E-state index contributed by atoms with van der Waals surface area (Å²) in [6.45, 7) is 4.65. The molecule has 11 aromatic carbocycles. The molecule has 4 heteroatoms. The van der Waals surface area contributed by atoms with Gasteiger partial charge in [0.15, 0.2) is 5.82 Å². The van der Waals surface area contributed by atoms with Gasteiger partial charge in [0.2, 0.25) is 0 Å². The molecule has 0 saturated heterocycles. The maximum atomic E-state index is 5.59. The largest absolute Gasteiger partial charge is 0.309 e. The Morgan fingerprint density at radius 3 is 1.81 bits per heavy atom. The van der Waals surface area contributed by atoms with E-state index in [0.29, 0.717) is 0 Å². The molecule has 0 spiro atoms. The van der Waals surface area contributed by atoms with Crippen LogP contribution < -0.4 is 0 Å². The third-order valence-corrected chi connectivity index (χ3v) is 15.3. The summed E-state index contributed by atoms with van der Waals surface area (Å²) >= 11 is 0. The van der Waals surface area contributed by atoms with E-state index < -0.39 is 0 Å². The van der Waals surface area contributed by atoms with Gasteiger partial charge in [-0.1, -0.05) is 190 Å². The van der Waals surface area contributed by atoms with Crippen LogP contribution >= 0.6 is 0 Å². The summed E-state index contributed by atoms with van der Waals surface area (Å²) in [6.07, 6.45) is 0. The molecule has 0 fully saturated rings. The van der Waals surface area contributed by atoms with Gasteiger partial charge in [-0.05, 0) is 80.9 Å². The van der Waals surface area contributed by atoms with Crippen molar-refractivity contribution in [3.05, 3.63) is 230 Å². The molecule has 3 heterocycles. The Hall–Kier alpha value is -8.86. The molecule has 3 aromatic heterocycles. The Balaban J connectivity index is 0.978. The number of nitrogens with zero attached hydrogens (tertiary/aromatic N) is 4. The second kappa shape index (κ2) is 14.1. The van der Waals surface area contributed by atoms with Gasteiger partial charge in [0.1, 0.15) is 0 Å². The first-order valence-corrected chi connectivity index (χ1v) is 23.9. The van der Waals surface area contributed by atoms with Crippen molar-refractivity contribution in [1.29, 1.82) is 0 Å². The summed E-state index contributed by atoms with van der Waals surface area (Å²) in [4.78, 5) is 10.9. The zero-order valence-corrected chi connectivity index (χ0v) is 38.1. The molecule has 0 amide bonds. The third-order valence-electron chi connectivity index (χ3n) is 15.3. The molecule has 4 nitrogen and oxygen atoms in total. The van der Waals surface area contributed by atoms with E-state index in [1.54, 1.807) is 0 Å². The van der Waals surface area contributed by atoms with Crippen LogP contribution in [0.1, 0.15) is 25.0 Å². The zero-order chi connectivity index (χ0) is 45.5. The monoisotopic (exact) mass is 878 g/mol. The lowest BCUT2D eigenvalue weighted by Gasteiger charge is -2.21. The fraction of sp³-hybridized carbons (Fsp3) is 0.0462. The van der Waals surface area contributed by atoms with Gasteiger partial charge in [-0.25, -0.2) is 9.97 Å². The SMILES string of the molecule is CC1(C)c2ccccc2-c2c(-c3nc(-c4cccc5c(-n6c7ccccc7c7cc8cccc(-n9c%10ccccc%10c%10ccc%11ccccc%11c%109)c8cc76)cccc45)c4ccccc4n3)cccc21. The lowest BCUT2D eigenvalue weighted by Crippen LogP contribution is -2.14. The normalized spacial score (nSPS) is 13.2. The van der Waals surface area contributed by atoms with Crippen molar-refractivity contribution in [2.24, 2.45) is 0 Å². The number of para-hydroxylation sites is 3. The van der Waals surface area contributed by atoms with Crippen molar-refractivity contribution in [3.8, 4) is 45.1 Å². The molecule has 1 aliphatic rings. The van der Waals surface area contributed by atoms with Crippen LogP contribution in [-0.2, 0) is 5.41 Å². The molecule has 0 atom stereocenters. The molecule has 0 bridgehead atoms. The molecule has 0 aliphatic heterocycles. The highest BCUT2D eigenvalue weighted by Gasteiger charge is 2.37. The number of hydrogen-bond donors (Lipinski definition) is 0. The third kappa shape index (κ3) is 5.29. The second-order valence-electron chi connectivity index (χ2n) is 19.2. The summed E-state index contributed by atoms with van der Waals surface area (Å²) < 4.78 is 4.99. The van der Waals surface area contributed by atoms with Crippen molar-refractivity contribution < 1.29 is 0 Å². The van der Waals surface area contributed by atoms with Crippen LogP contribution in [-0.4, -0.2) is 19.1 Å². The summed E-state index contributed by atoms with van der Waals surface area (Å²) in [5.41, 5.74) is 16.0. The van der Waals surface area contributed by atoms with Crippen LogP contribution in [0, 0.1) is 0 Å². The maximum Gasteiger partial charge on any atom is 0.161 e. The molecule has 0 N–H and O–H groups in total. The van der Waals surface area contributed by atoms with E-state index in [1.165, 1.54) is 81.9 Å². The van der Waals surface area contributed by atoms with Crippen molar-refractivity contribution in [3.63, 3.8) is 0 Å². The Morgan fingerprint density at radius 2 is 0.942 bits per heavy atom. The molecule has 322 valence electrons. The van der Waals surface area contributed by atoms with Gasteiger partial charge in [-0.15, -0.1) is 0 Å². The fourth-order valence-corrected chi connectivity index (χ4v) is 12.2. The van der Waals surface area contributed by atoms with E-state index in [0.717, 1.165) is 61.2 Å². The van der Waals surface area contributed by atoms with Gasteiger partial charge in [0.25, 0.3) is 0 Å². The number of aromatic nitrogens is 4. The highest BCUT2D eigenvalue weighted by Crippen LogP contribution is 2.52. The van der Waals surface area contributed by atoms with Crippen LogP contribution in [0.3, 0.4) is 0 Å². The Labute approximate surface area is 398 Å². The van der Waals surface area contributed by atoms with E-state index >= 15 is 0 Å². The summed E-state index contributed by atoms with van der Waals surface area (Å²) in [5.74, 6) is 0.738. The van der Waals surface area contributed by atoms with Crippen molar-refractivity contribution in [1.82, 2.24) is 19.1 Å². The van der Waals surface area contributed by atoms with Gasteiger partial charge in [0.05, 0.1) is 44.7 Å². The first-order valence-electron chi connectivity index (χ1n) is 23.9. The average Bonchev–Trinajstić information content (AvgIpc) is 4.00. The number of hydrogen-bond acceptors (Lipinski definition) is 2. The summed E-state index contributed by atoms with van der Waals surface area (Å²) in [6, 6.07) is 80.1. The Bertz CT molecular complexity index is 4530. The minimum atomic E-state index is -0.131. The minimum absolute atomic E-state index is 0.131. The van der Waals surface area contributed by atoms with Gasteiger partial charge in [-0.3, -0.25) is 0 Å². The molecule has 69 heavy (non-hydrogen) atoms. The van der Waals surface area contributed by atoms with Crippen LogP contribution in [0.25, 0.3) is 132 Å². The lowest BCUT2D eigenvalue weighted by molar-refractivity contribution is 0.660. The molecule has 15 rings (SSSR count). The smallest absolute Gasteiger partial charge is 0.161 e. The summed E-state index contributed by atoms with van der Waals surface area (Å²) in [7, 11) is 0. The van der Waals surface area contributed by atoms with E-state index in [4.69, 9.17) is 9.97 Å². The van der Waals surface area contributed by atoms with Gasteiger partial charge in [0, 0.05) is 59.6 Å². The predicted octanol–water partition coefficient (Wildman–Crippen LogP) is 16.9. The van der Waals surface area contributed by atoms with Crippen LogP contribution in [0.15, 0.2) is 218 Å². The molecule has 0 unspecified atom stereocenters. The molecule has 0 saturated carbocycles. The predicted molar refractivity (Wildman–Crippen MR) is 289 cm³/mol. The number of benzene rings is 11. The first-order chi connectivity index (χ1) is 34.0. The zero-order valence-electron chi connectivity index (χ0n) is 38.1. The highest BCUT2D eigenvalue weighted by molar-refractivity contribution is 6.21. The molecular formula is C65H42N4. The van der Waals surface area contributed by atoms with E-state index in [9.17, 15) is 0 Å². The second-order valence-corrected chi connectivity index (χ2v) is 19.2. The highest BCUT2D eigenvalue weighted by atomic mass is 15.0. The van der Waals surface area contributed by atoms with Crippen LogP contribution in [0.4, 0.5) is 0 Å². The van der Waals surface area contributed by atoms with Crippen molar-refractivity contribution >= 4 is 86.8 Å². The first kappa shape index (κ1) is 38.3. The van der Waals surface area contributed by atoms with Crippen molar-refractivity contribution in [2.75, 3.05) is 0 Å².